The number of amides is 1. The van der Waals surface area contributed by atoms with E-state index < -0.39 is 0 Å². The van der Waals surface area contributed by atoms with Crippen molar-refractivity contribution in [3.05, 3.63) is 54.6 Å². The number of nitrogens with zero attached hydrogens (tertiary/aromatic N) is 2. The molecular weight excluding hydrogens is 420 g/mol. The summed E-state index contributed by atoms with van der Waals surface area (Å²) in [6.07, 6.45) is 2.23. The van der Waals surface area contributed by atoms with Crippen LogP contribution in [-0.2, 0) is 9.53 Å². The van der Waals surface area contributed by atoms with Gasteiger partial charge in [-0.25, -0.2) is 0 Å². The molecule has 1 amide bonds. The van der Waals surface area contributed by atoms with Gasteiger partial charge in [0.25, 0.3) is 0 Å². The van der Waals surface area contributed by atoms with Crippen LogP contribution in [0.4, 0.5) is 10.8 Å². The predicted octanol–water partition coefficient (Wildman–Crippen LogP) is 4.46. The first kappa shape index (κ1) is 20.6. The lowest BCUT2D eigenvalue weighted by Gasteiger charge is -2.09. The molecule has 0 bridgehead atoms. The van der Waals surface area contributed by atoms with Crippen molar-refractivity contribution in [1.29, 1.82) is 0 Å². The molecule has 0 radical (unpaired) electrons. The normalized spacial score (nSPS) is 15.7. The van der Waals surface area contributed by atoms with Gasteiger partial charge in [-0.2, -0.15) is 0 Å². The van der Waals surface area contributed by atoms with Gasteiger partial charge in [-0.3, -0.25) is 4.79 Å². The van der Waals surface area contributed by atoms with Crippen LogP contribution in [-0.4, -0.2) is 41.1 Å². The maximum atomic E-state index is 12.0. The van der Waals surface area contributed by atoms with E-state index in [1.165, 1.54) is 23.1 Å². The highest BCUT2D eigenvalue weighted by molar-refractivity contribution is 8.01. The number of thioether (sulfide) groups is 1. The zero-order valence-electron chi connectivity index (χ0n) is 16.2. The van der Waals surface area contributed by atoms with E-state index in [2.05, 4.69) is 20.8 Å². The van der Waals surface area contributed by atoms with Gasteiger partial charge in [-0.15, -0.1) is 10.2 Å². The van der Waals surface area contributed by atoms with E-state index in [9.17, 15) is 4.79 Å². The summed E-state index contributed by atoms with van der Waals surface area (Å²) in [5.41, 5.74) is 0.886. The molecule has 30 heavy (non-hydrogen) atoms. The zero-order valence-corrected chi connectivity index (χ0v) is 17.9. The van der Waals surface area contributed by atoms with Gasteiger partial charge in [0, 0.05) is 18.8 Å². The number of benzene rings is 2. The summed E-state index contributed by atoms with van der Waals surface area (Å²) >= 11 is 2.79. The molecule has 9 heteroatoms. The molecule has 1 unspecified atom stereocenters. The Morgan fingerprint density at radius 2 is 1.93 bits per heavy atom. The number of para-hydroxylation sites is 1. The Labute approximate surface area is 183 Å². The van der Waals surface area contributed by atoms with Gasteiger partial charge in [-0.05, 0) is 49.2 Å². The van der Waals surface area contributed by atoms with E-state index >= 15 is 0 Å². The lowest BCUT2D eigenvalue weighted by Crippen LogP contribution is -2.32. The lowest BCUT2D eigenvalue weighted by atomic mass is 10.2. The van der Waals surface area contributed by atoms with Crippen molar-refractivity contribution in [2.24, 2.45) is 0 Å². The van der Waals surface area contributed by atoms with Gasteiger partial charge < -0.3 is 20.1 Å². The molecule has 2 aromatic carbocycles. The standard InChI is InChI=1S/C21H22N4O3S2/c26-19(22-13-18-7-4-12-27-18)14-29-21-25-24-20(30-21)23-15-8-10-17(11-9-15)28-16-5-2-1-3-6-16/h1-3,5-6,8-11,18H,4,7,12-14H2,(H,22,26)(H,23,24). The van der Waals surface area contributed by atoms with Gasteiger partial charge in [0.15, 0.2) is 4.34 Å². The van der Waals surface area contributed by atoms with Crippen molar-refractivity contribution in [1.82, 2.24) is 15.5 Å². The molecule has 1 aliphatic rings. The number of carbonyl (C=O) groups excluding carboxylic acids is 1. The van der Waals surface area contributed by atoms with Crippen LogP contribution < -0.4 is 15.4 Å². The summed E-state index contributed by atoms with van der Waals surface area (Å²) in [5.74, 6) is 1.85. The number of hydrogen-bond acceptors (Lipinski definition) is 8. The zero-order chi connectivity index (χ0) is 20.6. The second kappa shape index (κ2) is 10.4. The molecule has 1 atom stereocenters. The van der Waals surface area contributed by atoms with Crippen molar-refractivity contribution in [2.45, 2.75) is 23.3 Å². The SMILES string of the molecule is O=C(CSc1nnc(Nc2ccc(Oc3ccccc3)cc2)s1)NCC1CCCO1. The molecule has 1 aromatic heterocycles. The maximum Gasteiger partial charge on any atom is 0.230 e. The van der Waals surface area contributed by atoms with E-state index in [0.717, 1.165) is 41.0 Å². The highest BCUT2D eigenvalue weighted by atomic mass is 32.2. The van der Waals surface area contributed by atoms with Gasteiger partial charge in [0.1, 0.15) is 11.5 Å². The van der Waals surface area contributed by atoms with Gasteiger partial charge in [-0.1, -0.05) is 41.3 Å². The summed E-state index contributed by atoms with van der Waals surface area (Å²) in [6, 6.07) is 17.3. The Kier molecular flexibility index (Phi) is 7.17. The minimum atomic E-state index is -0.0192. The van der Waals surface area contributed by atoms with Gasteiger partial charge >= 0.3 is 0 Å². The Morgan fingerprint density at radius 3 is 2.70 bits per heavy atom. The Hall–Kier alpha value is -2.62. The van der Waals surface area contributed by atoms with Crippen molar-refractivity contribution in [3.63, 3.8) is 0 Å². The molecule has 2 heterocycles. The smallest absolute Gasteiger partial charge is 0.230 e. The number of aromatic nitrogens is 2. The van der Waals surface area contributed by atoms with Crippen LogP contribution in [0.25, 0.3) is 0 Å². The molecule has 0 aliphatic carbocycles. The minimum Gasteiger partial charge on any atom is -0.457 e. The fourth-order valence-corrected chi connectivity index (χ4v) is 4.49. The fourth-order valence-electron chi connectivity index (χ4n) is 2.88. The molecule has 2 N–H and O–H groups in total. The van der Waals surface area contributed by atoms with E-state index in [1.807, 2.05) is 54.6 Å². The van der Waals surface area contributed by atoms with Crippen LogP contribution in [0.1, 0.15) is 12.8 Å². The predicted molar refractivity (Wildman–Crippen MR) is 119 cm³/mol. The number of ether oxygens (including phenoxy) is 2. The third kappa shape index (κ3) is 6.19. The summed E-state index contributed by atoms with van der Waals surface area (Å²) < 4.78 is 12.0. The van der Waals surface area contributed by atoms with Crippen LogP contribution in [0, 0.1) is 0 Å². The molecule has 156 valence electrons. The molecule has 1 saturated heterocycles. The Bertz CT molecular complexity index is 944. The average molecular weight is 443 g/mol. The van der Waals surface area contributed by atoms with Crippen LogP contribution in [0.15, 0.2) is 58.9 Å². The van der Waals surface area contributed by atoms with E-state index in [0.29, 0.717) is 17.4 Å². The van der Waals surface area contributed by atoms with Crippen LogP contribution >= 0.6 is 23.1 Å². The topological polar surface area (TPSA) is 85.4 Å². The summed E-state index contributed by atoms with van der Waals surface area (Å²) in [6.45, 7) is 1.37. The van der Waals surface area contributed by atoms with Crippen LogP contribution in [0.2, 0.25) is 0 Å². The van der Waals surface area contributed by atoms with Crippen molar-refractivity contribution < 1.29 is 14.3 Å². The largest absolute Gasteiger partial charge is 0.457 e. The minimum absolute atomic E-state index is 0.0192. The molecule has 0 saturated carbocycles. The molecule has 1 aliphatic heterocycles. The summed E-state index contributed by atoms with van der Waals surface area (Å²) in [5, 5.41) is 15.1. The molecule has 0 spiro atoms. The number of anilines is 2. The number of hydrogen-bond donors (Lipinski definition) is 2. The monoisotopic (exact) mass is 442 g/mol. The molecule has 1 fully saturated rings. The first-order chi connectivity index (χ1) is 14.7. The van der Waals surface area contributed by atoms with Gasteiger partial charge in [0.2, 0.25) is 11.0 Å². The third-order valence-electron chi connectivity index (χ3n) is 4.37. The van der Waals surface area contributed by atoms with E-state index in [-0.39, 0.29) is 12.0 Å². The fraction of sp³-hybridized carbons (Fsp3) is 0.286. The number of rotatable bonds is 9. The van der Waals surface area contributed by atoms with E-state index in [1.54, 1.807) is 0 Å². The van der Waals surface area contributed by atoms with Crippen molar-refractivity contribution in [3.8, 4) is 11.5 Å². The lowest BCUT2D eigenvalue weighted by molar-refractivity contribution is -0.119. The number of carbonyl (C=O) groups is 1. The first-order valence-electron chi connectivity index (χ1n) is 9.69. The van der Waals surface area contributed by atoms with Crippen LogP contribution in [0.5, 0.6) is 11.5 Å². The Morgan fingerprint density at radius 1 is 1.13 bits per heavy atom. The maximum absolute atomic E-state index is 12.0. The third-order valence-corrected chi connectivity index (χ3v) is 6.34. The second-order valence-electron chi connectivity index (χ2n) is 6.67. The second-order valence-corrected chi connectivity index (χ2v) is 8.87. The highest BCUT2D eigenvalue weighted by Crippen LogP contribution is 2.29. The van der Waals surface area contributed by atoms with Gasteiger partial charge in [0.05, 0.1) is 11.9 Å². The summed E-state index contributed by atoms with van der Waals surface area (Å²) in [7, 11) is 0. The molecule has 3 aromatic rings. The summed E-state index contributed by atoms with van der Waals surface area (Å²) in [4.78, 5) is 12.0. The van der Waals surface area contributed by atoms with E-state index in [4.69, 9.17) is 9.47 Å². The Balaban J connectivity index is 1.22. The molecular formula is C21H22N4O3S2. The van der Waals surface area contributed by atoms with Crippen molar-refractivity contribution >= 4 is 39.8 Å². The number of nitrogens with one attached hydrogen (secondary N) is 2. The van der Waals surface area contributed by atoms with Crippen LogP contribution in [0.3, 0.4) is 0 Å². The molecule has 7 nitrogen and oxygen atoms in total. The highest BCUT2D eigenvalue weighted by Gasteiger charge is 2.16. The quantitative estimate of drug-likeness (QED) is 0.473. The average Bonchev–Trinajstić information content (AvgIpc) is 3.45. The first-order valence-corrected chi connectivity index (χ1v) is 11.5. The molecule has 4 rings (SSSR count). The van der Waals surface area contributed by atoms with Crippen molar-refractivity contribution in [2.75, 3.05) is 24.2 Å².